The van der Waals surface area contributed by atoms with E-state index in [9.17, 15) is 4.79 Å². The van der Waals surface area contributed by atoms with Gasteiger partial charge in [0.25, 0.3) is 5.56 Å². The molecule has 0 spiro atoms. The number of fused-ring (bicyclic) bond motifs is 1. The average Bonchev–Trinajstić information content (AvgIpc) is 2.26. The predicted octanol–water partition coefficient (Wildman–Crippen LogP) is 2.32. The third-order valence-corrected chi connectivity index (χ3v) is 2.76. The van der Waals surface area contributed by atoms with Crippen LogP contribution >= 0.6 is 11.6 Å². The Morgan fingerprint density at radius 3 is 2.80 bits per heavy atom. The Morgan fingerprint density at radius 2 is 2.07 bits per heavy atom. The van der Waals surface area contributed by atoms with Crippen LogP contribution in [0, 0.1) is 0 Å². The Labute approximate surface area is 93.1 Å². The number of para-hydroxylation sites is 1. The summed E-state index contributed by atoms with van der Waals surface area (Å²) in [6.45, 7) is 0. The van der Waals surface area contributed by atoms with E-state index in [4.69, 9.17) is 11.6 Å². The molecule has 0 aliphatic rings. The van der Waals surface area contributed by atoms with Gasteiger partial charge >= 0.3 is 0 Å². The molecule has 0 radical (unpaired) electrons. The summed E-state index contributed by atoms with van der Waals surface area (Å²) in [5, 5.41) is 1.08. The highest BCUT2D eigenvalue weighted by molar-refractivity contribution is 6.18. The smallest absolute Gasteiger partial charge is 0.254 e. The van der Waals surface area contributed by atoms with Crippen LogP contribution in [0.1, 0.15) is 5.56 Å². The van der Waals surface area contributed by atoms with Crippen molar-refractivity contribution in [2.24, 2.45) is 7.05 Å². The summed E-state index contributed by atoms with van der Waals surface area (Å²) in [5.41, 5.74) is 1.79. The molecule has 78 valence electrons. The van der Waals surface area contributed by atoms with Crippen LogP contribution in [0.2, 0.25) is 0 Å². The molecule has 1 heterocycles. The summed E-state index contributed by atoms with van der Waals surface area (Å²) in [5.74, 6) is 0.480. The minimum Gasteiger partial charge on any atom is -0.311 e. The number of hydrogen-bond donors (Lipinski definition) is 0. The molecule has 2 rings (SSSR count). The highest BCUT2D eigenvalue weighted by Crippen LogP contribution is 2.12. The number of pyridine rings is 1. The monoisotopic (exact) mass is 221 g/mol. The molecule has 0 aliphatic heterocycles. The number of rotatable bonds is 2. The van der Waals surface area contributed by atoms with E-state index < -0.39 is 0 Å². The van der Waals surface area contributed by atoms with Crippen molar-refractivity contribution in [2.45, 2.75) is 6.42 Å². The molecule has 0 bridgehead atoms. The maximum absolute atomic E-state index is 11.9. The average molecular weight is 222 g/mol. The van der Waals surface area contributed by atoms with E-state index in [1.165, 1.54) is 0 Å². The van der Waals surface area contributed by atoms with Gasteiger partial charge in [0.05, 0.1) is 5.52 Å². The zero-order valence-corrected chi connectivity index (χ0v) is 9.29. The van der Waals surface area contributed by atoms with Gasteiger partial charge in [-0.05, 0) is 23.9 Å². The van der Waals surface area contributed by atoms with E-state index in [1.54, 1.807) is 11.6 Å². The Kier molecular flexibility index (Phi) is 2.78. The minimum absolute atomic E-state index is 0.0503. The molecule has 0 saturated carbocycles. The maximum atomic E-state index is 11.9. The predicted molar refractivity (Wildman–Crippen MR) is 63.6 cm³/mol. The Morgan fingerprint density at radius 1 is 1.33 bits per heavy atom. The zero-order chi connectivity index (χ0) is 10.8. The van der Waals surface area contributed by atoms with Crippen LogP contribution in [0.4, 0.5) is 0 Å². The summed E-state index contributed by atoms with van der Waals surface area (Å²) in [4.78, 5) is 11.9. The van der Waals surface area contributed by atoms with Crippen LogP contribution in [0.15, 0.2) is 35.1 Å². The van der Waals surface area contributed by atoms with Gasteiger partial charge in [0.1, 0.15) is 0 Å². The second-order valence-electron chi connectivity index (χ2n) is 3.53. The number of aromatic nitrogens is 1. The van der Waals surface area contributed by atoms with Crippen molar-refractivity contribution in [2.75, 3.05) is 5.88 Å². The van der Waals surface area contributed by atoms with Gasteiger partial charge in [0.15, 0.2) is 0 Å². The molecule has 1 aromatic heterocycles. The number of hydrogen-bond acceptors (Lipinski definition) is 1. The first kappa shape index (κ1) is 10.2. The van der Waals surface area contributed by atoms with Gasteiger partial charge in [0.2, 0.25) is 0 Å². The molecule has 0 N–H and O–H groups in total. The summed E-state index contributed by atoms with van der Waals surface area (Å²) in [6, 6.07) is 9.79. The molecule has 0 aliphatic carbocycles. The Balaban J connectivity index is 2.77. The van der Waals surface area contributed by atoms with Crippen molar-refractivity contribution in [3.63, 3.8) is 0 Å². The molecule has 0 fully saturated rings. The molecule has 0 amide bonds. The number of aryl methyl sites for hydroxylation is 2. The molecule has 2 aromatic rings. The third kappa shape index (κ3) is 1.77. The van der Waals surface area contributed by atoms with Crippen molar-refractivity contribution in [3.05, 3.63) is 46.2 Å². The normalized spacial score (nSPS) is 10.8. The fourth-order valence-corrected chi connectivity index (χ4v) is 1.97. The molecule has 0 atom stereocenters. The lowest BCUT2D eigenvalue weighted by atomic mass is 10.1. The number of nitrogens with zero attached hydrogens (tertiary/aromatic N) is 1. The fourth-order valence-electron chi connectivity index (χ4n) is 1.77. The van der Waals surface area contributed by atoms with Gasteiger partial charge in [-0.15, -0.1) is 11.6 Å². The quantitative estimate of drug-likeness (QED) is 0.714. The highest BCUT2D eigenvalue weighted by atomic mass is 35.5. The second-order valence-corrected chi connectivity index (χ2v) is 3.91. The maximum Gasteiger partial charge on any atom is 0.254 e. The van der Waals surface area contributed by atoms with Crippen molar-refractivity contribution in [3.8, 4) is 0 Å². The first-order valence-electron chi connectivity index (χ1n) is 4.87. The first-order chi connectivity index (χ1) is 7.24. The Bertz CT molecular complexity index is 545. The van der Waals surface area contributed by atoms with E-state index in [2.05, 4.69) is 0 Å². The molecule has 0 saturated heterocycles. The fraction of sp³-hybridized carbons (Fsp3) is 0.250. The highest BCUT2D eigenvalue weighted by Gasteiger charge is 2.04. The topological polar surface area (TPSA) is 22.0 Å². The van der Waals surface area contributed by atoms with Crippen molar-refractivity contribution < 1.29 is 0 Å². The van der Waals surface area contributed by atoms with Gasteiger partial charge in [0, 0.05) is 18.5 Å². The largest absolute Gasteiger partial charge is 0.311 e. The van der Waals surface area contributed by atoms with E-state index in [-0.39, 0.29) is 5.56 Å². The second kappa shape index (κ2) is 4.07. The first-order valence-corrected chi connectivity index (χ1v) is 5.41. The summed E-state index contributed by atoms with van der Waals surface area (Å²) in [6.07, 6.45) is 0.624. The summed E-state index contributed by atoms with van der Waals surface area (Å²) >= 11 is 5.66. The van der Waals surface area contributed by atoms with Crippen LogP contribution in [-0.4, -0.2) is 10.4 Å². The molecule has 3 heteroatoms. The lowest BCUT2D eigenvalue weighted by molar-refractivity contribution is 0.877. The van der Waals surface area contributed by atoms with E-state index in [0.29, 0.717) is 12.3 Å². The third-order valence-electron chi connectivity index (χ3n) is 2.57. The number of halogens is 1. The summed E-state index contributed by atoms with van der Waals surface area (Å²) < 4.78 is 1.68. The van der Waals surface area contributed by atoms with E-state index in [1.807, 2.05) is 30.3 Å². The summed E-state index contributed by atoms with van der Waals surface area (Å²) in [7, 11) is 1.79. The molecule has 2 nitrogen and oxygen atoms in total. The lowest BCUT2D eigenvalue weighted by Crippen LogP contribution is -2.21. The van der Waals surface area contributed by atoms with Gasteiger partial charge in [-0.2, -0.15) is 0 Å². The molecular formula is C12H12ClNO. The number of benzene rings is 1. The van der Waals surface area contributed by atoms with Gasteiger partial charge in [-0.25, -0.2) is 0 Å². The van der Waals surface area contributed by atoms with Gasteiger partial charge in [-0.1, -0.05) is 18.2 Å². The van der Waals surface area contributed by atoms with Gasteiger partial charge < -0.3 is 4.57 Å². The van der Waals surface area contributed by atoms with Crippen LogP contribution in [0.3, 0.4) is 0 Å². The minimum atomic E-state index is 0.0503. The lowest BCUT2D eigenvalue weighted by Gasteiger charge is -2.07. The standard InChI is InChI=1S/C12H12ClNO/c1-14-11-5-3-2-4-9(11)8-10(6-7-13)12(14)15/h2-5,8H,6-7H2,1H3. The van der Waals surface area contributed by atoms with Crippen molar-refractivity contribution in [1.29, 1.82) is 0 Å². The molecule has 15 heavy (non-hydrogen) atoms. The Hall–Kier alpha value is -1.28. The zero-order valence-electron chi connectivity index (χ0n) is 8.53. The van der Waals surface area contributed by atoms with Crippen LogP contribution in [0.5, 0.6) is 0 Å². The van der Waals surface area contributed by atoms with Crippen LogP contribution in [-0.2, 0) is 13.5 Å². The van der Waals surface area contributed by atoms with Crippen molar-refractivity contribution in [1.82, 2.24) is 4.57 Å². The van der Waals surface area contributed by atoms with Crippen LogP contribution in [0.25, 0.3) is 10.9 Å². The molecule has 1 aromatic carbocycles. The number of alkyl halides is 1. The van der Waals surface area contributed by atoms with Crippen LogP contribution < -0.4 is 5.56 Å². The molecule has 0 unspecified atom stereocenters. The molecular weight excluding hydrogens is 210 g/mol. The van der Waals surface area contributed by atoms with Gasteiger partial charge in [-0.3, -0.25) is 4.79 Å². The SMILES string of the molecule is Cn1c(=O)c(CCCl)cc2ccccc21. The van der Waals surface area contributed by atoms with E-state index in [0.717, 1.165) is 16.5 Å². The van der Waals surface area contributed by atoms with Crippen molar-refractivity contribution >= 4 is 22.5 Å². The van der Waals surface area contributed by atoms with E-state index >= 15 is 0 Å².